The van der Waals surface area contributed by atoms with Gasteiger partial charge in [-0.1, -0.05) is 24.3 Å². The van der Waals surface area contributed by atoms with Crippen LogP contribution in [0.5, 0.6) is 5.75 Å². The second kappa shape index (κ2) is 6.52. The Morgan fingerprint density at radius 3 is 2.95 bits per heavy atom. The lowest BCUT2D eigenvalue weighted by Gasteiger charge is -2.19. The van der Waals surface area contributed by atoms with Crippen LogP contribution in [-0.4, -0.2) is 32.7 Å². The van der Waals surface area contributed by atoms with Crippen molar-refractivity contribution in [3.05, 3.63) is 59.7 Å². The average Bonchev–Trinajstić information content (AvgIpc) is 2.98. The number of hydrogen-bond donors (Lipinski definition) is 1. The van der Waals surface area contributed by atoms with Crippen LogP contribution in [0.25, 0.3) is 0 Å². The Morgan fingerprint density at radius 1 is 1.23 bits per heavy atom. The fraction of sp³-hybridized carbons (Fsp3) is 0.278. The molecule has 0 saturated carbocycles. The van der Waals surface area contributed by atoms with Crippen LogP contribution < -0.4 is 15.0 Å². The van der Waals surface area contributed by atoms with Gasteiger partial charge in [-0.2, -0.15) is 0 Å². The molecule has 4 nitrogen and oxygen atoms in total. The van der Waals surface area contributed by atoms with Crippen LogP contribution in [0.3, 0.4) is 0 Å². The van der Waals surface area contributed by atoms with Gasteiger partial charge in [0, 0.05) is 30.9 Å². The molecule has 0 fully saturated rings. The van der Waals surface area contributed by atoms with Crippen molar-refractivity contribution in [2.75, 3.05) is 31.6 Å². The van der Waals surface area contributed by atoms with Gasteiger partial charge in [-0.25, -0.2) is 0 Å². The van der Waals surface area contributed by atoms with Crippen molar-refractivity contribution in [2.45, 2.75) is 6.42 Å². The van der Waals surface area contributed by atoms with Gasteiger partial charge in [0.05, 0.1) is 7.11 Å². The van der Waals surface area contributed by atoms with Crippen molar-refractivity contribution in [1.29, 1.82) is 0 Å². The summed E-state index contributed by atoms with van der Waals surface area (Å²) in [5, 5.41) is 2.97. The zero-order valence-corrected chi connectivity index (χ0v) is 12.7. The van der Waals surface area contributed by atoms with Crippen molar-refractivity contribution < 1.29 is 9.53 Å². The zero-order chi connectivity index (χ0) is 15.4. The van der Waals surface area contributed by atoms with Gasteiger partial charge in [-0.05, 0) is 36.2 Å². The number of nitrogens with one attached hydrogen (secondary N) is 1. The highest BCUT2D eigenvalue weighted by Crippen LogP contribution is 2.26. The van der Waals surface area contributed by atoms with E-state index in [4.69, 9.17) is 4.74 Å². The first-order valence-corrected chi connectivity index (χ1v) is 7.53. The Morgan fingerprint density at radius 2 is 2.09 bits per heavy atom. The number of methoxy groups -OCH3 is 1. The second-order valence-electron chi connectivity index (χ2n) is 5.35. The van der Waals surface area contributed by atoms with E-state index >= 15 is 0 Å². The molecule has 0 aromatic heterocycles. The molecule has 1 N–H and O–H groups in total. The van der Waals surface area contributed by atoms with Gasteiger partial charge in [0.15, 0.2) is 0 Å². The van der Waals surface area contributed by atoms with Gasteiger partial charge < -0.3 is 15.0 Å². The molecule has 0 unspecified atom stereocenters. The van der Waals surface area contributed by atoms with Gasteiger partial charge in [0.2, 0.25) is 0 Å². The summed E-state index contributed by atoms with van der Waals surface area (Å²) in [4.78, 5) is 14.5. The summed E-state index contributed by atoms with van der Waals surface area (Å²) < 4.78 is 5.14. The maximum Gasteiger partial charge on any atom is 0.251 e. The van der Waals surface area contributed by atoms with E-state index in [9.17, 15) is 4.79 Å². The van der Waals surface area contributed by atoms with E-state index < -0.39 is 0 Å². The van der Waals surface area contributed by atoms with Crippen LogP contribution in [0, 0.1) is 0 Å². The fourth-order valence-corrected chi connectivity index (χ4v) is 2.81. The number of amides is 1. The van der Waals surface area contributed by atoms with Gasteiger partial charge in [-0.15, -0.1) is 0 Å². The predicted molar refractivity (Wildman–Crippen MR) is 87.7 cm³/mol. The minimum Gasteiger partial charge on any atom is -0.497 e. The molecule has 114 valence electrons. The first-order chi connectivity index (χ1) is 10.8. The van der Waals surface area contributed by atoms with E-state index in [0.29, 0.717) is 17.9 Å². The largest absolute Gasteiger partial charge is 0.497 e. The Labute approximate surface area is 130 Å². The number of nitrogens with zero attached hydrogens (tertiary/aromatic N) is 1. The maximum atomic E-state index is 12.1. The molecule has 22 heavy (non-hydrogen) atoms. The van der Waals surface area contributed by atoms with Crippen LogP contribution >= 0.6 is 0 Å². The lowest BCUT2D eigenvalue weighted by molar-refractivity contribution is 0.0954. The molecule has 4 heteroatoms. The monoisotopic (exact) mass is 296 g/mol. The third-order valence-corrected chi connectivity index (χ3v) is 3.98. The molecule has 1 aliphatic rings. The van der Waals surface area contributed by atoms with E-state index in [2.05, 4.69) is 34.5 Å². The quantitative estimate of drug-likeness (QED) is 0.921. The zero-order valence-electron chi connectivity index (χ0n) is 12.7. The van der Waals surface area contributed by atoms with E-state index in [1.807, 2.05) is 12.1 Å². The first-order valence-electron chi connectivity index (χ1n) is 7.53. The minimum absolute atomic E-state index is 0.0635. The number of rotatable bonds is 5. The molecule has 0 bridgehead atoms. The van der Waals surface area contributed by atoms with Crippen molar-refractivity contribution in [3.63, 3.8) is 0 Å². The molecular weight excluding hydrogens is 276 g/mol. The summed E-state index contributed by atoms with van der Waals surface area (Å²) in [6.45, 7) is 2.48. The summed E-state index contributed by atoms with van der Waals surface area (Å²) in [6, 6.07) is 15.7. The lowest BCUT2D eigenvalue weighted by atomic mass is 10.2. The Hall–Kier alpha value is -2.49. The third-order valence-electron chi connectivity index (χ3n) is 3.98. The number of fused-ring (bicyclic) bond motifs is 1. The van der Waals surface area contributed by atoms with Crippen molar-refractivity contribution >= 4 is 11.6 Å². The second-order valence-corrected chi connectivity index (χ2v) is 5.35. The van der Waals surface area contributed by atoms with E-state index in [0.717, 1.165) is 19.5 Å². The summed E-state index contributed by atoms with van der Waals surface area (Å²) >= 11 is 0. The summed E-state index contributed by atoms with van der Waals surface area (Å²) in [7, 11) is 1.60. The SMILES string of the molecule is COc1cccc(C(=O)NCCN2CCc3ccccc32)c1. The fourth-order valence-electron chi connectivity index (χ4n) is 2.81. The Bertz CT molecular complexity index is 670. The molecule has 2 aromatic carbocycles. The standard InChI is InChI=1S/C18H20N2O2/c1-22-16-7-4-6-15(13-16)18(21)19-10-12-20-11-9-14-5-2-3-8-17(14)20/h2-8,13H,9-12H2,1H3,(H,19,21). The predicted octanol–water partition coefficient (Wildman–Crippen LogP) is 2.49. The molecule has 1 aliphatic heterocycles. The Balaban J connectivity index is 1.54. The van der Waals surface area contributed by atoms with Crippen molar-refractivity contribution in [3.8, 4) is 5.75 Å². The lowest BCUT2D eigenvalue weighted by Crippen LogP contribution is -2.34. The molecule has 1 amide bonds. The Kier molecular flexibility index (Phi) is 4.28. The van der Waals surface area contributed by atoms with Crippen LogP contribution in [0.4, 0.5) is 5.69 Å². The normalized spacial score (nSPS) is 12.9. The number of carbonyl (C=O) groups is 1. The van der Waals surface area contributed by atoms with Gasteiger partial charge in [0.1, 0.15) is 5.75 Å². The summed E-state index contributed by atoms with van der Waals surface area (Å²) in [6.07, 6.45) is 1.08. The van der Waals surface area contributed by atoms with E-state index in [1.54, 1.807) is 19.2 Å². The molecular formula is C18H20N2O2. The summed E-state index contributed by atoms with van der Waals surface area (Å²) in [5.74, 6) is 0.632. The first kappa shape index (κ1) is 14.4. The van der Waals surface area contributed by atoms with E-state index in [-0.39, 0.29) is 5.91 Å². The number of ether oxygens (including phenoxy) is 1. The van der Waals surface area contributed by atoms with Crippen molar-refractivity contribution in [1.82, 2.24) is 5.32 Å². The van der Waals surface area contributed by atoms with Crippen molar-refractivity contribution in [2.24, 2.45) is 0 Å². The van der Waals surface area contributed by atoms with Crippen LogP contribution in [-0.2, 0) is 6.42 Å². The molecule has 0 atom stereocenters. The molecule has 2 aromatic rings. The molecule has 0 radical (unpaired) electrons. The number of hydrogen-bond acceptors (Lipinski definition) is 3. The smallest absolute Gasteiger partial charge is 0.251 e. The summed E-state index contributed by atoms with van der Waals surface area (Å²) in [5.41, 5.74) is 3.31. The number of anilines is 1. The average molecular weight is 296 g/mol. The molecule has 0 aliphatic carbocycles. The molecule has 1 heterocycles. The highest BCUT2D eigenvalue weighted by atomic mass is 16.5. The molecule has 0 spiro atoms. The number of carbonyl (C=O) groups excluding carboxylic acids is 1. The minimum atomic E-state index is -0.0635. The number of benzene rings is 2. The highest BCUT2D eigenvalue weighted by Gasteiger charge is 2.17. The molecule has 0 saturated heterocycles. The van der Waals surface area contributed by atoms with E-state index in [1.165, 1.54) is 11.3 Å². The van der Waals surface area contributed by atoms with Crippen LogP contribution in [0.1, 0.15) is 15.9 Å². The van der Waals surface area contributed by atoms with Crippen LogP contribution in [0.15, 0.2) is 48.5 Å². The van der Waals surface area contributed by atoms with Gasteiger partial charge in [-0.3, -0.25) is 4.79 Å². The molecule has 3 rings (SSSR count). The van der Waals surface area contributed by atoms with Gasteiger partial charge >= 0.3 is 0 Å². The highest BCUT2D eigenvalue weighted by molar-refractivity contribution is 5.94. The van der Waals surface area contributed by atoms with Crippen LogP contribution in [0.2, 0.25) is 0 Å². The van der Waals surface area contributed by atoms with Gasteiger partial charge in [0.25, 0.3) is 5.91 Å². The third kappa shape index (κ3) is 3.06. The number of para-hydroxylation sites is 1. The topological polar surface area (TPSA) is 41.6 Å². The maximum absolute atomic E-state index is 12.1.